The SMILES string of the molecule is CC(CNC1CCCNC1=O)C(N)=O. The van der Waals surface area contributed by atoms with Crippen LogP contribution in [0.2, 0.25) is 0 Å². The maximum absolute atomic E-state index is 11.3. The molecule has 0 saturated carbocycles. The number of hydrogen-bond acceptors (Lipinski definition) is 3. The molecule has 1 heterocycles. The van der Waals surface area contributed by atoms with Crippen molar-refractivity contribution in [3.63, 3.8) is 0 Å². The Bertz CT molecular complexity index is 230. The van der Waals surface area contributed by atoms with E-state index in [1.165, 1.54) is 0 Å². The summed E-state index contributed by atoms with van der Waals surface area (Å²) in [5, 5.41) is 5.81. The van der Waals surface area contributed by atoms with Gasteiger partial charge in [-0.05, 0) is 12.8 Å². The summed E-state index contributed by atoms with van der Waals surface area (Å²) in [4.78, 5) is 22.0. The smallest absolute Gasteiger partial charge is 0.237 e. The summed E-state index contributed by atoms with van der Waals surface area (Å²) in [5.74, 6) is -0.550. The first kappa shape index (κ1) is 11.0. The van der Waals surface area contributed by atoms with E-state index in [1.54, 1.807) is 6.92 Å². The second-order valence-corrected chi connectivity index (χ2v) is 3.70. The Hall–Kier alpha value is -1.10. The van der Waals surface area contributed by atoms with E-state index >= 15 is 0 Å². The molecule has 5 nitrogen and oxygen atoms in total. The van der Waals surface area contributed by atoms with E-state index in [0.29, 0.717) is 6.54 Å². The van der Waals surface area contributed by atoms with Gasteiger partial charge in [-0.2, -0.15) is 0 Å². The molecular weight excluding hydrogens is 182 g/mol. The van der Waals surface area contributed by atoms with Crippen molar-refractivity contribution >= 4 is 11.8 Å². The van der Waals surface area contributed by atoms with Crippen LogP contribution in [0.5, 0.6) is 0 Å². The highest BCUT2D eigenvalue weighted by atomic mass is 16.2. The van der Waals surface area contributed by atoms with Crippen molar-refractivity contribution in [3.05, 3.63) is 0 Å². The van der Waals surface area contributed by atoms with Gasteiger partial charge >= 0.3 is 0 Å². The van der Waals surface area contributed by atoms with Gasteiger partial charge in [-0.1, -0.05) is 6.92 Å². The Morgan fingerprint density at radius 2 is 2.50 bits per heavy atom. The molecule has 0 radical (unpaired) electrons. The van der Waals surface area contributed by atoms with Crippen LogP contribution >= 0.6 is 0 Å². The minimum absolute atomic E-state index is 0.0212. The molecule has 0 aliphatic carbocycles. The fourth-order valence-corrected chi connectivity index (χ4v) is 1.39. The number of primary amides is 1. The van der Waals surface area contributed by atoms with Crippen LogP contribution < -0.4 is 16.4 Å². The molecule has 4 N–H and O–H groups in total. The molecule has 1 rings (SSSR count). The van der Waals surface area contributed by atoms with Gasteiger partial charge in [0.05, 0.1) is 6.04 Å². The molecule has 0 spiro atoms. The Balaban J connectivity index is 2.29. The van der Waals surface area contributed by atoms with E-state index in [0.717, 1.165) is 19.4 Å². The van der Waals surface area contributed by atoms with Crippen LogP contribution in [0.15, 0.2) is 0 Å². The van der Waals surface area contributed by atoms with Crippen molar-refractivity contribution in [1.29, 1.82) is 0 Å². The van der Waals surface area contributed by atoms with Gasteiger partial charge in [0.15, 0.2) is 0 Å². The van der Waals surface area contributed by atoms with Crippen molar-refractivity contribution in [1.82, 2.24) is 10.6 Å². The van der Waals surface area contributed by atoms with E-state index in [1.807, 2.05) is 0 Å². The maximum atomic E-state index is 11.3. The number of piperidine rings is 1. The Kier molecular flexibility index (Phi) is 3.88. The lowest BCUT2D eigenvalue weighted by Crippen LogP contribution is -2.50. The molecule has 2 amide bonds. The zero-order chi connectivity index (χ0) is 10.6. The van der Waals surface area contributed by atoms with Crippen LogP contribution in [0.25, 0.3) is 0 Å². The molecule has 1 aliphatic rings. The van der Waals surface area contributed by atoms with Gasteiger partial charge in [-0.25, -0.2) is 0 Å². The van der Waals surface area contributed by atoms with Crippen molar-refractivity contribution in [2.24, 2.45) is 11.7 Å². The summed E-state index contributed by atoms with van der Waals surface area (Å²) in [6.07, 6.45) is 1.81. The molecule has 2 unspecified atom stereocenters. The first-order chi connectivity index (χ1) is 6.61. The third kappa shape index (κ3) is 2.99. The van der Waals surface area contributed by atoms with Gasteiger partial charge in [0.1, 0.15) is 0 Å². The summed E-state index contributed by atoms with van der Waals surface area (Å²) < 4.78 is 0. The third-order valence-corrected chi connectivity index (χ3v) is 2.44. The molecule has 0 aromatic carbocycles. The van der Waals surface area contributed by atoms with E-state index < -0.39 is 0 Å². The predicted octanol–water partition coefficient (Wildman–Crippen LogP) is -1.02. The topological polar surface area (TPSA) is 84.2 Å². The first-order valence-electron chi connectivity index (χ1n) is 4.91. The molecule has 14 heavy (non-hydrogen) atoms. The standard InChI is InChI=1S/C9H17N3O2/c1-6(8(10)13)5-12-7-3-2-4-11-9(7)14/h6-7,12H,2-5H2,1H3,(H2,10,13)(H,11,14). The zero-order valence-electron chi connectivity index (χ0n) is 8.38. The fourth-order valence-electron chi connectivity index (χ4n) is 1.39. The number of rotatable bonds is 4. The highest BCUT2D eigenvalue weighted by Crippen LogP contribution is 2.03. The fraction of sp³-hybridized carbons (Fsp3) is 0.778. The van der Waals surface area contributed by atoms with Gasteiger partial charge in [-0.3, -0.25) is 9.59 Å². The molecule has 0 aromatic rings. The Labute approximate surface area is 83.4 Å². The summed E-state index contributed by atoms with van der Waals surface area (Å²) in [5.41, 5.74) is 5.11. The first-order valence-corrected chi connectivity index (χ1v) is 4.91. The van der Waals surface area contributed by atoms with Crippen LogP contribution in [0.3, 0.4) is 0 Å². The number of amides is 2. The van der Waals surface area contributed by atoms with Crippen molar-refractivity contribution in [2.75, 3.05) is 13.1 Å². The zero-order valence-corrected chi connectivity index (χ0v) is 8.38. The molecular formula is C9H17N3O2. The van der Waals surface area contributed by atoms with Crippen molar-refractivity contribution < 1.29 is 9.59 Å². The number of nitrogens with one attached hydrogen (secondary N) is 2. The van der Waals surface area contributed by atoms with Crippen LogP contribution in [-0.2, 0) is 9.59 Å². The molecule has 1 saturated heterocycles. The van der Waals surface area contributed by atoms with Gasteiger partial charge in [-0.15, -0.1) is 0 Å². The molecule has 5 heteroatoms. The molecule has 0 bridgehead atoms. The third-order valence-electron chi connectivity index (χ3n) is 2.44. The van der Waals surface area contributed by atoms with Crippen LogP contribution in [0.1, 0.15) is 19.8 Å². The van der Waals surface area contributed by atoms with Crippen LogP contribution in [0.4, 0.5) is 0 Å². The lowest BCUT2D eigenvalue weighted by atomic mass is 10.1. The van der Waals surface area contributed by atoms with Gasteiger partial charge in [0.25, 0.3) is 0 Å². The molecule has 80 valence electrons. The minimum atomic E-state index is -0.339. The summed E-state index contributed by atoms with van der Waals surface area (Å²) in [7, 11) is 0. The molecule has 2 atom stereocenters. The van der Waals surface area contributed by atoms with Crippen molar-refractivity contribution in [3.8, 4) is 0 Å². The van der Waals surface area contributed by atoms with Crippen LogP contribution in [0, 0.1) is 5.92 Å². The lowest BCUT2D eigenvalue weighted by molar-refractivity contribution is -0.125. The van der Waals surface area contributed by atoms with Crippen molar-refractivity contribution in [2.45, 2.75) is 25.8 Å². The average Bonchev–Trinajstić information content (AvgIpc) is 2.16. The van der Waals surface area contributed by atoms with Gasteiger partial charge < -0.3 is 16.4 Å². The second-order valence-electron chi connectivity index (χ2n) is 3.70. The number of hydrogen-bond donors (Lipinski definition) is 3. The molecule has 1 fully saturated rings. The monoisotopic (exact) mass is 199 g/mol. The number of carbonyl (C=O) groups excluding carboxylic acids is 2. The average molecular weight is 199 g/mol. The minimum Gasteiger partial charge on any atom is -0.369 e. The summed E-state index contributed by atoms with van der Waals surface area (Å²) in [6, 6.07) is -0.162. The highest BCUT2D eigenvalue weighted by molar-refractivity contribution is 5.82. The maximum Gasteiger partial charge on any atom is 0.237 e. The van der Waals surface area contributed by atoms with E-state index in [-0.39, 0.29) is 23.8 Å². The highest BCUT2D eigenvalue weighted by Gasteiger charge is 2.22. The normalized spacial score (nSPS) is 24.1. The second kappa shape index (κ2) is 4.95. The molecule has 1 aliphatic heterocycles. The largest absolute Gasteiger partial charge is 0.369 e. The quantitative estimate of drug-likeness (QED) is 0.541. The predicted molar refractivity (Wildman–Crippen MR) is 52.4 cm³/mol. The Morgan fingerprint density at radius 1 is 1.79 bits per heavy atom. The Morgan fingerprint density at radius 3 is 3.07 bits per heavy atom. The van der Waals surface area contributed by atoms with E-state index in [4.69, 9.17) is 5.73 Å². The summed E-state index contributed by atoms with van der Waals surface area (Å²) >= 11 is 0. The van der Waals surface area contributed by atoms with Crippen LogP contribution in [-0.4, -0.2) is 30.9 Å². The van der Waals surface area contributed by atoms with E-state index in [9.17, 15) is 9.59 Å². The van der Waals surface area contributed by atoms with Gasteiger partial charge in [0, 0.05) is 19.0 Å². The number of carbonyl (C=O) groups is 2. The summed E-state index contributed by atoms with van der Waals surface area (Å²) in [6.45, 7) is 2.96. The lowest BCUT2D eigenvalue weighted by Gasteiger charge is -2.23. The number of nitrogens with two attached hydrogens (primary N) is 1. The molecule has 0 aromatic heterocycles. The van der Waals surface area contributed by atoms with Gasteiger partial charge in [0.2, 0.25) is 11.8 Å². The van der Waals surface area contributed by atoms with E-state index in [2.05, 4.69) is 10.6 Å².